The maximum atomic E-state index is 11.2. The van der Waals surface area contributed by atoms with E-state index < -0.39 is 0 Å². The first kappa shape index (κ1) is 11.1. The van der Waals surface area contributed by atoms with Crippen LogP contribution in [0.25, 0.3) is 0 Å². The molecule has 0 spiro atoms. The summed E-state index contributed by atoms with van der Waals surface area (Å²) in [7, 11) is 0. The molecule has 4 nitrogen and oxygen atoms in total. The maximum Gasteiger partial charge on any atom is 0.249 e. The average Bonchev–Trinajstić information content (AvgIpc) is 2.19. The van der Waals surface area contributed by atoms with E-state index in [9.17, 15) is 4.79 Å². The zero-order valence-electron chi connectivity index (χ0n) is 8.16. The van der Waals surface area contributed by atoms with Gasteiger partial charge in [-0.05, 0) is 25.2 Å². The standard InChI is InChI=1S/C9H14N2O2S/c1-2-3-8(12)10-9(14)11-4-6-13-7-5-11/h2-3H,4-7H2,1H3,(H,10,12,14)/b3-2+. The molecule has 0 saturated carbocycles. The predicted octanol–water partition coefficient (Wildman–Crippen LogP) is 0.296. The minimum Gasteiger partial charge on any atom is -0.378 e. The van der Waals surface area contributed by atoms with Gasteiger partial charge in [0.05, 0.1) is 13.2 Å². The number of thiocarbonyl (C=S) groups is 1. The molecule has 78 valence electrons. The second-order valence-corrected chi connectivity index (χ2v) is 3.28. The van der Waals surface area contributed by atoms with Crippen molar-refractivity contribution >= 4 is 23.2 Å². The largest absolute Gasteiger partial charge is 0.378 e. The summed E-state index contributed by atoms with van der Waals surface area (Å²) in [6, 6.07) is 0. The number of amides is 1. The summed E-state index contributed by atoms with van der Waals surface area (Å²) in [5.74, 6) is -0.177. The van der Waals surface area contributed by atoms with Gasteiger partial charge in [-0.15, -0.1) is 0 Å². The number of carbonyl (C=O) groups excluding carboxylic acids is 1. The fourth-order valence-electron chi connectivity index (χ4n) is 1.14. The van der Waals surface area contributed by atoms with Crippen molar-refractivity contribution in [3.63, 3.8) is 0 Å². The highest BCUT2D eigenvalue weighted by Gasteiger charge is 2.14. The van der Waals surface area contributed by atoms with Crippen molar-refractivity contribution in [2.45, 2.75) is 6.92 Å². The molecule has 0 unspecified atom stereocenters. The first-order valence-corrected chi connectivity index (χ1v) is 4.95. The van der Waals surface area contributed by atoms with Gasteiger partial charge in [-0.1, -0.05) is 6.08 Å². The van der Waals surface area contributed by atoms with Crippen LogP contribution < -0.4 is 5.32 Å². The Bertz CT molecular complexity index is 247. The second kappa shape index (κ2) is 5.72. The van der Waals surface area contributed by atoms with E-state index in [0.29, 0.717) is 18.3 Å². The zero-order valence-corrected chi connectivity index (χ0v) is 8.97. The van der Waals surface area contributed by atoms with Gasteiger partial charge < -0.3 is 9.64 Å². The van der Waals surface area contributed by atoms with Gasteiger partial charge in [-0.3, -0.25) is 10.1 Å². The Kier molecular flexibility index (Phi) is 4.55. The number of nitrogens with zero attached hydrogens (tertiary/aromatic N) is 1. The average molecular weight is 214 g/mol. The number of allylic oxidation sites excluding steroid dienone is 1. The molecule has 0 radical (unpaired) electrons. The molecule has 14 heavy (non-hydrogen) atoms. The fraction of sp³-hybridized carbons (Fsp3) is 0.556. The van der Waals surface area contributed by atoms with Crippen LogP contribution in [0, 0.1) is 0 Å². The lowest BCUT2D eigenvalue weighted by Gasteiger charge is -2.28. The molecule has 1 N–H and O–H groups in total. The Morgan fingerprint density at radius 1 is 1.50 bits per heavy atom. The Labute approximate surface area is 88.9 Å². The van der Waals surface area contributed by atoms with E-state index in [1.165, 1.54) is 6.08 Å². The van der Waals surface area contributed by atoms with Crippen LogP contribution in [0.2, 0.25) is 0 Å². The number of hydrogen-bond donors (Lipinski definition) is 1. The third kappa shape index (κ3) is 3.43. The number of nitrogens with one attached hydrogen (secondary N) is 1. The smallest absolute Gasteiger partial charge is 0.249 e. The quantitative estimate of drug-likeness (QED) is 0.503. The zero-order chi connectivity index (χ0) is 10.4. The lowest BCUT2D eigenvalue weighted by Crippen LogP contribution is -2.47. The minimum absolute atomic E-state index is 0.177. The van der Waals surface area contributed by atoms with Crippen LogP contribution >= 0.6 is 12.2 Å². The van der Waals surface area contributed by atoms with Gasteiger partial charge >= 0.3 is 0 Å². The van der Waals surface area contributed by atoms with Crippen molar-refractivity contribution in [2.75, 3.05) is 26.3 Å². The highest BCUT2D eigenvalue weighted by atomic mass is 32.1. The molecule has 0 atom stereocenters. The summed E-state index contributed by atoms with van der Waals surface area (Å²) >= 11 is 5.07. The highest BCUT2D eigenvalue weighted by Crippen LogP contribution is 1.97. The lowest BCUT2D eigenvalue weighted by molar-refractivity contribution is -0.115. The van der Waals surface area contributed by atoms with E-state index in [-0.39, 0.29) is 5.91 Å². The SMILES string of the molecule is C/C=C/C(=O)NC(=S)N1CCOCC1. The molecule has 1 rings (SSSR count). The summed E-state index contributed by atoms with van der Waals surface area (Å²) in [4.78, 5) is 13.1. The molecular formula is C9H14N2O2S. The Morgan fingerprint density at radius 2 is 2.14 bits per heavy atom. The summed E-state index contributed by atoms with van der Waals surface area (Å²) in [5.41, 5.74) is 0. The summed E-state index contributed by atoms with van der Waals surface area (Å²) in [5, 5.41) is 3.11. The number of ether oxygens (including phenoxy) is 1. The molecule has 0 aromatic rings. The lowest BCUT2D eigenvalue weighted by atomic mass is 10.4. The Balaban J connectivity index is 2.36. The van der Waals surface area contributed by atoms with Crippen LogP contribution in [-0.4, -0.2) is 42.2 Å². The van der Waals surface area contributed by atoms with E-state index in [1.807, 2.05) is 4.90 Å². The minimum atomic E-state index is -0.177. The molecule has 1 amide bonds. The molecule has 1 aliphatic heterocycles. The molecular weight excluding hydrogens is 200 g/mol. The van der Waals surface area contributed by atoms with Crippen molar-refractivity contribution in [1.29, 1.82) is 0 Å². The van der Waals surface area contributed by atoms with Gasteiger partial charge in [0.2, 0.25) is 5.91 Å². The fourth-order valence-corrected chi connectivity index (χ4v) is 1.43. The topological polar surface area (TPSA) is 41.6 Å². The van der Waals surface area contributed by atoms with E-state index in [2.05, 4.69) is 5.32 Å². The number of carbonyl (C=O) groups is 1. The number of rotatable bonds is 1. The molecule has 1 aliphatic rings. The van der Waals surface area contributed by atoms with Crippen LogP contribution in [-0.2, 0) is 9.53 Å². The molecule has 0 aromatic heterocycles. The molecule has 0 aliphatic carbocycles. The summed E-state index contributed by atoms with van der Waals surface area (Å²) in [6.07, 6.45) is 3.13. The Morgan fingerprint density at radius 3 is 2.71 bits per heavy atom. The molecule has 1 saturated heterocycles. The third-order valence-corrected chi connectivity index (χ3v) is 2.21. The van der Waals surface area contributed by atoms with Gasteiger partial charge in [-0.25, -0.2) is 0 Å². The predicted molar refractivity (Wildman–Crippen MR) is 57.9 cm³/mol. The summed E-state index contributed by atoms with van der Waals surface area (Å²) in [6.45, 7) is 4.61. The first-order valence-electron chi connectivity index (χ1n) is 4.54. The van der Waals surface area contributed by atoms with E-state index in [1.54, 1.807) is 13.0 Å². The van der Waals surface area contributed by atoms with Gasteiger partial charge in [0, 0.05) is 13.1 Å². The monoisotopic (exact) mass is 214 g/mol. The number of morpholine rings is 1. The van der Waals surface area contributed by atoms with Gasteiger partial charge in [-0.2, -0.15) is 0 Å². The van der Waals surface area contributed by atoms with Crippen LogP contribution in [0.1, 0.15) is 6.92 Å². The maximum absolute atomic E-state index is 11.2. The Hall–Kier alpha value is -0.940. The van der Waals surface area contributed by atoms with Crippen molar-refractivity contribution in [3.05, 3.63) is 12.2 Å². The summed E-state index contributed by atoms with van der Waals surface area (Å²) < 4.78 is 5.17. The molecule has 1 fully saturated rings. The highest BCUT2D eigenvalue weighted by molar-refractivity contribution is 7.80. The van der Waals surface area contributed by atoms with Crippen LogP contribution in [0.15, 0.2) is 12.2 Å². The third-order valence-electron chi connectivity index (χ3n) is 1.85. The van der Waals surface area contributed by atoms with Crippen molar-refractivity contribution in [3.8, 4) is 0 Å². The number of hydrogen-bond acceptors (Lipinski definition) is 3. The van der Waals surface area contributed by atoms with E-state index >= 15 is 0 Å². The molecule has 5 heteroatoms. The first-order chi connectivity index (χ1) is 6.74. The van der Waals surface area contributed by atoms with Crippen molar-refractivity contribution in [2.24, 2.45) is 0 Å². The molecule has 0 bridgehead atoms. The van der Waals surface area contributed by atoms with Gasteiger partial charge in [0.25, 0.3) is 0 Å². The van der Waals surface area contributed by atoms with E-state index in [4.69, 9.17) is 17.0 Å². The van der Waals surface area contributed by atoms with Crippen molar-refractivity contribution < 1.29 is 9.53 Å². The normalized spacial score (nSPS) is 17.1. The second-order valence-electron chi connectivity index (χ2n) is 2.89. The van der Waals surface area contributed by atoms with Crippen LogP contribution in [0.5, 0.6) is 0 Å². The van der Waals surface area contributed by atoms with Crippen LogP contribution in [0.4, 0.5) is 0 Å². The van der Waals surface area contributed by atoms with Gasteiger partial charge in [0.15, 0.2) is 5.11 Å². The molecule has 1 heterocycles. The molecule has 0 aromatic carbocycles. The van der Waals surface area contributed by atoms with Crippen molar-refractivity contribution in [1.82, 2.24) is 10.2 Å². The van der Waals surface area contributed by atoms with E-state index in [0.717, 1.165) is 13.1 Å². The van der Waals surface area contributed by atoms with Crippen LogP contribution in [0.3, 0.4) is 0 Å². The van der Waals surface area contributed by atoms with Gasteiger partial charge in [0.1, 0.15) is 0 Å².